The van der Waals surface area contributed by atoms with Gasteiger partial charge in [0.25, 0.3) is 0 Å². The van der Waals surface area contributed by atoms with Gasteiger partial charge in [0.2, 0.25) is 5.91 Å². The lowest BCUT2D eigenvalue weighted by atomic mass is 10.2. The van der Waals surface area contributed by atoms with E-state index in [2.05, 4.69) is 23.8 Å². The number of carbonyl (C=O) groups excluding carboxylic acids is 2. The first-order chi connectivity index (χ1) is 14.3. The lowest BCUT2D eigenvalue weighted by Crippen LogP contribution is -2.50. The number of hydrogen-bond acceptors (Lipinski definition) is 5. The van der Waals surface area contributed by atoms with Gasteiger partial charge in [-0.05, 0) is 30.2 Å². The zero-order chi connectivity index (χ0) is 21.4. The quantitative estimate of drug-likeness (QED) is 0.725. The number of carbonyl (C=O) groups is 2. The smallest absolute Gasteiger partial charge is 0.339 e. The summed E-state index contributed by atoms with van der Waals surface area (Å²) in [5.74, 6) is 0.254. The zero-order valence-electron chi connectivity index (χ0n) is 17.1. The molecule has 0 radical (unpaired) electrons. The summed E-state index contributed by atoms with van der Waals surface area (Å²) in [7, 11) is 0. The molecule has 0 spiro atoms. The standard InChI is InChI=1S/C20H25FN6O3/c1-14(2)11-23-7-9-24(10-8-23)18(28)13-26-20(30)27-17(22-26)12-25(19(27)29)16-5-3-15(21)4-6-16/h3-6,14H,7-13H2,1-2H3. The van der Waals surface area contributed by atoms with Crippen molar-refractivity contribution in [3.63, 3.8) is 0 Å². The van der Waals surface area contributed by atoms with Crippen molar-refractivity contribution >= 4 is 17.6 Å². The molecule has 2 aromatic rings. The monoisotopic (exact) mass is 416 g/mol. The fraction of sp³-hybridized carbons (Fsp3) is 0.500. The van der Waals surface area contributed by atoms with Gasteiger partial charge in [-0.25, -0.2) is 18.7 Å². The molecule has 2 amide bonds. The molecule has 1 aromatic carbocycles. The van der Waals surface area contributed by atoms with Gasteiger partial charge in [0.15, 0.2) is 5.82 Å². The third kappa shape index (κ3) is 3.87. The van der Waals surface area contributed by atoms with Crippen molar-refractivity contribution in [1.29, 1.82) is 0 Å². The second-order valence-electron chi connectivity index (χ2n) is 8.11. The van der Waals surface area contributed by atoms with Gasteiger partial charge in [-0.1, -0.05) is 13.8 Å². The highest BCUT2D eigenvalue weighted by Gasteiger charge is 2.34. The molecule has 10 heteroatoms. The summed E-state index contributed by atoms with van der Waals surface area (Å²) < 4.78 is 15.2. The van der Waals surface area contributed by atoms with Crippen LogP contribution < -0.4 is 10.6 Å². The second kappa shape index (κ2) is 8.02. The maximum absolute atomic E-state index is 13.1. The molecule has 0 atom stereocenters. The van der Waals surface area contributed by atoms with Gasteiger partial charge in [0.1, 0.15) is 12.4 Å². The molecule has 3 heterocycles. The van der Waals surface area contributed by atoms with Crippen LogP contribution in [0, 0.1) is 11.7 Å². The highest BCUT2D eigenvalue weighted by atomic mass is 19.1. The molecule has 4 rings (SSSR count). The number of amides is 2. The first kappa shape index (κ1) is 20.3. The van der Waals surface area contributed by atoms with Crippen molar-refractivity contribution in [2.75, 3.05) is 37.6 Å². The van der Waals surface area contributed by atoms with Crippen LogP contribution in [0.25, 0.3) is 0 Å². The molecule has 0 bridgehead atoms. The molecule has 0 unspecified atom stereocenters. The van der Waals surface area contributed by atoms with Gasteiger partial charge in [0.05, 0.1) is 6.54 Å². The maximum atomic E-state index is 13.1. The number of piperazine rings is 1. The van der Waals surface area contributed by atoms with Crippen LogP contribution in [-0.4, -0.2) is 68.8 Å². The number of halogens is 1. The highest BCUT2D eigenvalue weighted by molar-refractivity contribution is 5.96. The predicted molar refractivity (Wildman–Crippen MR) is 108 cm³/mol. The largest absolute Gasteiger partial charge is 0.354 e. The van der Waals surface area contributed by atoms with Crippen molar-refractivity contribution in [3.05, 3.63) is 46.4 Å². The average Bonchev–Trinajstić information content (AvgIpc) is 3.19. The van der Waals surface area contributed by atoms with E-state index in [0.717, 1.165) is 28.9 Å². The molecule has 2 aliphatic rings. The van der Waals surface area contributed by atoms with E-state index in [0.29, 0.717) is 24.7 Å². The summed E-state index contributed by atoms with van der Waals surface area (Å²) in [4.78, 5) is 43.4. The Balaban J connectivity index is 1.41. The van der Waals surface area contributed by atoms with Crippen molar-refractivity contribution in [1.82, 2.24) is 24.1 Å². The molecule has 2 aliphatic heterocycles. The van der Waals surface area contributed by atoms with E-state index in [1.807, 2.05) is 0 Å². The summed E-state index contributed by atoms with van der Waals surface area (Å²) in [6.45, 7) is 8.09. The Bertz CT molecular complexity index is 1000. The van der Waals surface area contributed by atoms with Crippen LogP contribution >= 0.6 is 0 Å². The minimum Gasteiger partial charge on any atom is -0.339 e. The van der Waals surface area contributed by atoms with E-state index in [4.69, 9.17) is 0 Å². The molecular weight excluding hydrogens is 391 g/mol. The number of rotatable bonds is 5. The summed E-state index contributed by atoms with van der Waals surface area (Å²) in [5.41, 5.74) is -0.153. The Labute approximate surface area is 173 Å². The van der Waals surface area contributed by atoms with Gasteiger partial charge in [0, 0.05) is 38.4 Å². The molecule has 0 saturated carbocycles. The minimum absolute atomic E-state index is 0.0920. The molecule has 0 N–H and O–H groups in total. The fourth-order valence-corrected chi connectivity index (χ4v) is 3.93. The van der Waals surface area contributed by atoms with Gasteiger partial charge < -0.3 is 4.90 Å². The Morgan fingerprint density at radius 2 is 1.77 bits per heavy atom. The molecule has 0 aliphatic carbocycles. The Kier molecular flexibility index (Phi) is 5.42. The van der Waals surface area contributed by atoms with E-state index in [1.54, 1.807) is 4.90 Å². The van der Waals surface area contributed by atoms with Gasteiger partial charge >= 0.3 is 11.7 Å². The number of benzene rings is 1. The SMILES string of the molecule is CC(C)CN1CCN(C(=O)Cn2nc3n(c2=O)C(=O)N(c2ccc(F)cc2)C3)CC1. The lowest BCUT2D eigenvalue weighted by Gasteiger charge is -2.35. The van der Waals surface area contributed by atoms with Crippen molar-refractivity contribution in [3.8, 4) is 0 Å². The molecule has 1 saturated heterocycles. The number of hydrogen-bond donors (Lipinski definition) is 0. The average molecular weight is 416 g/mol. The van der Waals surface area contributed by atoms with E-state index < -0.39 is 17.5 Å². The predicted octanol–water partition coefficient (Wildman–Crippen LogP) is 0.972. The normalized spacial score (nSPS) is 17.1. The summed E-state index contributed by atoms with van der Waals surface area (Å²) in [5, 5.41) is 4.20. The number of fused-ring (bicyclic) bond motifs is 1. The molecule has 30 heavy (non-hydrogen) atoms. The number of aromatic nitrogens is 3. The molecule has 160 valence electrons. The topological polar surface area (TPSA) is 83.7 Å². The lowest BCUT2D eigenvalue weighted by molar-refractivity contribution is -0.133. The van der Waals surface area contributed by atoms with E-state index in [1.165, 1.54) is 29.2 Å². The van der Waals surface area contributed by atoms with Crippen molar-refractivity contribution < 1.29 is 14.0 Å². The Hall–Kier alpha value is -3.01. The van der Waals surface area contributed by atoms with Crippen LogP contribution in [0.4, 0.5) is 14.9 Å². The van der Waals surface area contributed by atoms with Gasteiger partial charge in [-0.2, -0.15) is 9.67 Å². The van der Waals surface area contributed by atoms with Crippen LogP contribution in [0.5, 0.6) is 0 Å². The van der Waals surface area contributed by atoms with Gasteiger partial charge in [-0.15, -0.1) is 0 Å². The first-order valence-electron chi connectivity index (χ1n) is 10.1. The van der Waals surface area contributed by atoms with Crippen LogP contribution in [-0.2, 0) is 17.9 Å². The molecular formula is C20H25FN6O3. The fourth-order valence-electron chi connectivity index (χ4n) is 3.93. The third-order valence-corrected chi connectivity index (χ3v) is 5.40. The Morgan fingerprint density at radius 3 is 2.37 bits per heavy atom. The summed E-state index contributed by atoms with van der Waals surface area (Å²) in [6.07, 6.45) is 0. The van der Waals surface area contributed by atoms with Crippen LogP contribution in [0.3, 0.4) is 0 Å². The van der Waals surface area contributed by atoms with Crippen LogP contribution in [0.2, 0.25) is 0 Å². The molecule has 1 fully saturated rings. The summed E-state index contributed by atoms with van der Waals surface area (Å²) >= 11 is 0. The Morgan fingerprint density at radius 1 is 1.10 bits per heavy atom. The maximum Gasteiger partial charge on any atom is 0.354 e. The second-order valence-corrected chi connectivity index (χ2v) is 8.11. The number of anilines is 1. The third-order valence-electron chi connectivity index (χ3n) is 5.40. The van der Waals surface area contributed by atoms with Crippen LogP contribution in [0.1, 0.15) is 19.7 Å². The van der Waals surface area contributed by atoms with E-state index >= 15 is 0 Å². The minimum atomic E-state index is -0.633. The highest BCUT2D eigenvalue weighted by Crippen LogP contribution is 2.22. The molecule has 9 nitrogen and oxygen atoms in total. The van der Waals surface area contributed by atoms with E-state index in [9.17, 15) is 18.8 Å². The van der Waals surface area contributed by atoms with Crippen molar-refractivity contribution in [2.45, 2.75) is 26.9 Å². The van der Waals surface area contributed by atoms with Gasteiger partial charge in [-0.3, -0.25) is 14.6 Å². The first-order valence-corrected chi connectivity index (χ1v) is 10.1. The van der Waals surface area contributed by atoms with E-state index in [-0.39, 0.29) is 24.8 Å². The molecule has 1 aromatic heterocycles. The van der Waals surface area contributed by atoms with Crippen LogP contribution in [0.15, 0.2) is 29.1 Å². The van der Waals surface area contributed by atoms with Crippen molar-refractivity contribution in [2.24, 2.45) is 5.92 Å². The zero-order valence-corrected chi connectivity index (χ0v) is 17.1. The number of nitrogens with zero attached hydrogens (tertiary/aromatic N) is 6. The summed E-state index contributed by atoms with van der Waals surface area (Å²) in [6, 6.07) is 4.90.